The quantitative estimate of drug-likeness (QED) is 0.675. The molecule has 92 valence electrons. The van der Waals surface area contributed by atoms with E-state index < -0.39 is 0 Å². The van der Waals surface area contributed by atoms with Crippen LogP contribution >= 0.6 is 0 Å². The van der Waals surface area contributed by atoms with Crippen LogP contribution in [-0.4, -0.2) is 44.9 Å². The molecule has 0 aliphatic carbocycles. The maximum Gasteiger partial charge on any atom is 0.183 e. The molecule has 0 spiro atoms. The molecule has 0 bridgehead atoms. The Kier molecular flexibility index (Phi) is 2.92. The smallest absolute Gasteiger partial charge is 0.183 e. The van der Waals surface area contributed by atoms with Gasteiger partial charge < -0.3 is 18.9 Å². The van der Waals surface area contributed by atoms with Crippen LogP contribution in [0.4, 0.5) is 0 Å². The van der Waals surface area contributed by atoms with Crippen LogP contribution < -0.4 is 0 Å². The third-order valence-corrected chi connectivity index (χ3v) is 4.24. The molecule has 4 nitrogen and oxygen atoms in total. The molecule has 6 atom stereocenters. The van der Waals surface area contributed by atoms with E-state index in [1.165, 1.54) is 0 Å². The molecule has 3 aliphatic heterocycles. The van der Waals surface area contributed by atoms with Gasteiger partial charge in [-0.3, -0.25) is 0 Å². The molecular weight excluding hydrogens is 208 g/mol. The van der Waals surface area contributed by atoms with Gasteiger partial charge in [0.15, 0.2) is 6.29 Å². The first-order valence-electron chi connectivity index (χ1n) is 6.22. The Hall–Kier alpha value is -0.160. The molecule has 0 amide bonds. The van der Waals surface area contributed by atoms with E-state index in [0.717, 1.165) is 26.1 Å². The molecule has 3 saturated heterocycles. The molecule has 3 heterocycles. The fourth-order valence-electron chi connectivity index (χ4n) is 3.45. The highest BCUT2D eigenvalue weighted by Gasteiger charge is 2.52. The summed E-state index contributed by atoms with van der Waals surface area (Å²) < 4.78 is 22.7. The van der Waals surface area contributed by atoms with E-state index in [-0.39, 0.29) is 24.6 Å². The van der Waals surface area contributed by atoms with Crippen molar-refractivity contribution in [3.05, 3.63) is 0 Å². The van der Waals surface area contributed by atoms with E-state index in [1.54, 1.807) is 7.11 Å². The summed E-state index contributed by atoms with van der Waals surface area (Å²) >= 11 is 0. The first-order valence-corrected chi connectivity index (χ1v) is 6.22. The van der Waals surface area contributed by atoms with Crippen LogP contribution in [0.5, 0.6) is 0 Å². The van der Waals surface area contributed by atoms with Crippen molar-refractivity contribution in [3.63, 3.8) is 0 Å². The van der Waals surface area contributed by atoms with E-state index in [9.17, 15) is 0 Å². The van der Waals surface area contributed by atoms with Crippen LogP contribution in [0.15, 0.2) is 0 Å². The number of hydrogen-bond acceptors (Lipinski definition) is 4. The highest BCUT2D eigenvalue weighted by atomic mass is 16.7. The minimum absolute atomic E-state index is 0.109. The Balaban J connectivity index is 1.79. The first-order chi connectivity index (χ1) is 7.81. The standard InChI is InChI=1S/C12H20O4/c1-7-10-8(3-5-14-7)9-4-6-15-12(13-2)11(9)16-10/h7-12H,3-6H2,1-2H3/t7-,8+,9?,10?,11-,12-/m0/s1. The summed E-state index contributed by atoms with van der Waals surface area (Å²) in [7, 11) is 1.69. The Labute approximate surface area is 96.2 Å². The molecule has 0 aromatic heterocycles. The molecular formula is C12H20O4. The summed E-state index contributed by atoms with van der Waals surface area (Å²) in [5, 5.41) is 0. The maximum atomic E-state index is 6.11. The molecule has 0 aromatic rings. The molecule has 3 fully saturated rings. The SMILES string of the molecule is CO[C@H]1OCCC2[C@H]3CCO[C@@H](C)C3O[C@@H]21. The summed E-state index contributed by atoms with van der Waals surface area (Å²) in [4.78, 5) is 0. The lowest BCUT2D eigenvalue weighted by Gasteiger charge is -2.34. The van der Waals surface area contributed by atoms with Crippen LogP contribution in [0.2, 0.25) is 0 Å². The van der Waals surface area contributed by atoms with E-state index in [2.05, 4.69) is 6.92 Å². The van der Waals surface area contributed by atoms with Gasteiger partial charge in [-0.2, -0.15) is 0 Å². The fourth-order valence-corrected chi connectivity index (χ4v) is 3.45. The van der Waals surface area contributed by atoms with Gasteiger partial charge in [-0.25, -0.2) is 0 Å². The fraction of sp³-hybridized carbons (Fsp3) is 1.00. The van der Waals surface area contributed by atoms with Gasteiger partial charge >= 0.3 is 0 Å². The number of methoxy groups -OCH3 is 1. The summed E-state index contributed by atoms with van der Waals surface area (Å²) in [6, 6.07) is 0. The summed E-state index contributed by atoms with van der Waals surface area (Å²) in [5.41, 5.74) is 0. The Morgan fingerprint density at radius 1 is 1.00 bits per heavy atom. The van der Waals surface area contributed by atoms with Crippen molar-refractivity contribution in [1.29, 1.82) is 0 Å². The highest BCUT2D eigenvalue weighted by molar-refractivity contribution is 4.97. The first kappa shape index (κ1) is 11.0. The molecule has 3 aliphatic rings. The second-order valence-corrected chi connectivity index (χ2v) is 5.02. The minimum Gasteiger partial charge on any atom is -0.376 e. The van der Waals surface area contributed by atoms with Gasteiger partial charge in [-0.05, 0) is 31.6 Å². The Bertz CT molecular complexity index is 257. The van der Waals surface area contributed by atoms with Crippen LogP contribution in [0.1, 0.15) is 19.8 Å². The molecule has 2 unspecified atom stereocenters. The monoisotopic (exact) mass is 228 g/mol. The highest BCUT2D eigenvalue weighted by Crippen LogP contribution is 2.45. The van der Waals surface area contributed by atoms with E-state index in [1.807, 2.05) is 0 Å². The lowest BCUT2D eigenvalue weighted by molar-refractivity contribution is -0.224. The largest absolute Gasteiger partial charge is 0.376 e. The zero-order valence-corrected chi connectivity index (χ0v) is 9.93. The molecule has 16 heavy (non-hydrogen) atoms. The second kappa shape index (κ2) is 4.26. The third-order valence-electron chi connectivity index (χ3n) is 4.24. The minimum atomic E-state index is -0.184. The van der Waals surface area contributed by atoms with Gasteiger partial charge in [0, 0.05) is 13.7 Å². The molecule has 0 radical (unpaired) electrons. The van der Waals surface area contributed by atoms with Gasteiger partial charge in [-0.1, -0.05) is 0 Å². The summed E-state index contributed by atoms with van der Waals surface area (Å²) in [5.74, 6) is 1.23. The van der Waals surface area contributed by atoms with Crippen molar-refractivity contribution in [2.75, 3.05) is 20.3 Å². The van der Waals surface area contributed by atoms with E-state index in [4.69, 9.17) is 18.9 Å². The van der Waals surface area contributed by atoms with Gasteiger partial charge in [0.05, 0.1) is 18.8 Å². The van der Waals surface area contributed by atoms with Crippen LogP contribution in [-0.2, 0) is 18.9 Å². The molecule has 0 aromatic carbocycles. The second-order valence-electron chi connectivity index (χ2n) is 5.02. The van der Waals surface area contributed by atoms with Crippen molar-refractivity contribution in [2.45, 2.75) is 44.4 Å². The Morgan fingerprint density at radius 3 is 2.44 bits per heavy atom. The van der Waals surface area contributed by atoms with Gasteiger partial charge in [0.2, 0.25) is 0 Å². The average Bonchev–Trinajstić information content (AvgIpc) is 2.69. The van der Waals surface area contributed by atoms with Crippen molar-refractivity contribution in [1.82, 2.24) is 0 Å². The molecule has 3 rings (SSSR count). The van der Waals surface area contributed by atoms with Gasteiger partial charge in [0.1, 0.15) is 6.10 Å². The predicted molar refractivity (Wildman–Crippen MR) is 57.0 cm³/mol. The molecule has 0 saturated carbocycles. The maximum absolute atomic E-state index is 6.11. The lowest BCUT2D eigenvalue weighted by atomic mass is 9.79. The van der Waals surface area contributed by atoms with E-state index >= 15 is 0 Å². The number of ether oxygens (including phenoxy) is 4. The normalized spacial score (nSPS) is 52.1. The number of fused-ring (bicyclic) bond motifs is 3. The zero-order valence-electron chi connectivity index (χ0n) is 9.93. The topological polar surface area (TPSA) is 36.9 Å². The third kappa shape index (κ3) is 1.59. The molecule has 4 heteroatoms. The van der Waals surface area contributed by atoms with Crippen molar-refractivity contribution in [2.24, 2.45) is 11.8 Å². The summed E-state index contributed by atoms with van der Waals surface area (Å²) in [6.45, 7) is 3.77. The Morgan fingerprint density at radius 2 is 1.69 bits per heavy atom. The van der Waals surface area contributed by atoms with Crippen LogP contribution in [0.25, 0.3) is 0 Å². The lowest BCUT2D eigenvalue weighted by Crippen LogP contribution is -2.41. The molecule has 0 N–H and O–H groups in total. The van der Waals surface area contributed by atoms with Crippen LogP contribution in [0, 0.1) is 11.8 Å². The number of rotatable bonds is 1. The summed E-state index contributed by atoms with van der Waals surface area (Å²) in [6.07, 6.45) is 2.59. The van der Waals surface area contributed by atoms with Gasteiger partial charge in [0.25, 0.3) is 0 Å². The van der Waals surface area contributed by atoms with E-state index in [0.29, 0.717) is 11.8 Å². The van der Waals surface area contributed by atoms with Crippen molar-refractivity contribution in [3.8, 4) is 0 Å². The average molecular weight is 228 g/mol. The van der Waals surface area contributed by atoms with Crippen molar-refractivity contribution >= 4 is 0 Å². The zero-order chi connectivity index (χ0) is 11.1. The number of hydrogen-bond donors (Lipinski definition) is 0. The van der Waals surface area contributed by atoms with Crippen LogP contribution in [0.3, 0.4) is 0 Å². The predicted octanol–water partition coefficient (Wildman–Crippen LogP) is 1.19. The van der Waals surface area contributed by atoms with Gasteiger partial charge in [-0.15, -0.1) is 0 Å². The van der Waals surface area contributed by atoms with Crippen molar-refractivity contribution < 1.29 is 18.9 Å².